The van der Waals surface area contributed by atoms with Gasteiger partial charge in [-0.05, 0) is 42.5 Å². The molecule has 66 valence electrons. The van der Waals surface area contributed by atoms with Crippen LogP contribution < -0.4 is 0 Å². The molecule has 0 amide bonds. The van der Waals surface area contributed by atoms with E-state index in [4.69, 9.17) is 0 Å². The summed E-state index contributed by atoms with van der Waals surface area (Å²) in [5.41, 5.74) is 5.57. The van der Waals surface area contributed by atoms with Crippen LogP contribution in [0.15, 0.2) is 12.1 Å². The Kier molecular flexibility index (Phi) is 3.21. The van der Waals surface area contributed by atoms with E-state index in [9.17, 15) is 0 Å². The molecule has 1 rings (SSSR count). The summed E-state index contributed by atoms with van der Waals surface area (Å²) in [4.78, 5) is 0. The van der Waals surface area contributed by atoms with Crippen LogP contribution in [0.4, 0.5) is 0 Å². The quantitative estimate of drug-likeness (QED) is 0.663. The predicted molar refractivity (Wildman–Crippen MR) is 58.0 cm³/mol. The number of hydrogen-bond donors (Lipinski definition) is 1. The molecule has 0 unspecified atom stereocenters. The van der Waals surface area contributed by atoms with Gasteiger partial charge in [0.05, 0.1) is 0 Å². The molecule has 0 aromatic heterocycles. The highest BCUT2D eigenvalue weighted by molar-refractivity contribution is 7.79. The molecule has 0 fully saturated rings. The van der Waals surface area contributed by atoms with E-state index in [1.54, 1.807) is 0 Å². The van der Waals surface area contributed by atoms with Crippen LogP contribution in [0, 0.1) is 13.8 Å². The summed E-state index contributed by atoms with van der Waals surface area (Å²) < 4.78 is 0. The molecule has 1 aromatic carbocycles. The molecule has 0 heterocycles. The zero-order valence-electron chi connectivity index (χ0n) is 8.02. The maximum Gasteiger partial charge on any atom is 0.0157 e. The van der Waals surface area contributed by atoms with Crippen LogP contribution in [0.25, 0.3) is 0 Å². The fourth-order valence-corrected chi connectivity index (χ4v) is 1.71. The maximum absolute atomic E-state index is 4.32. The van der Waals surface area contributed by atoms with Crippen LogP contribution in [0.1, 0.15) is 29.2 Å². The molecule has 1 heteroatoms. The summed E-state index contributed by atoms with van der Waals surface area (Å²) in [5, 5.41) is 0. The van der Waals surface area contributed by atoms with Gasteiger partial charge >= 0.3 is 0 Å². The third-order valence-electron chi connectivity index (χ3n) is 2.37. The zero-order chi connectivity index (χ0) is 9.14. The molecule has 1 aromatic rings. The second kappa shape index (κ2) is 3.99. The van der Waals surface area contributed by atoms with Gasteiger partial charge in [0.15, 0.2) is 0 Å². The summed E-state index contributed by atoms with van der Waals surface area (Å²) in [5.74, 6) is 0.851. The van der Waals surface area contributed by atoms with Gasteiger partial charge in [0.1, 0.15) is 0 Å². The van der Waals surface area contributed by atoms with E-state index >= 15 is 0 Å². The molecule has 12 heavy (non-hydrogen) atoms. The summed E-state index contributed by atoms with van der Waals surface area (Å²) >= 11 is 4.32. The molecule has 0 aliphatic heterocycles. The molecule has 0 N–H and O–H groups in total. The average molecular weight is 180 g/mol. The normalized spacial score (nSPS) is 10.3. The van der Waals surface area contributed by atoms with Gasteiger partial charge in [0, 0.05) is 5.75 Å². The van der Waals surface area contributed by atoms with Crippen molar-refractivity contribution in [3.63, 3.8) is 0 Å². The van der Waals surface area contributed by atoms with Crippen molar-refractivity contribution < 1.29 is 0 Å². The summed E-state index contributed by atoms with van der Waals surface area (Å²) in [7, 11) is 0. The van der Waals surface area contributed by atoms with Gasteiger partial charge in [-0.25, -0.2) is 0 Å². The Morgan fingerprint density at radius 1 is 1.08 bits per heavy atom. The Bertz CT molecular complexity index is 248. The molecule has 0 radical (unpaired) electrons. The topological polar surface area (TPSA) is 0 Å². The number of thiol groups is 1. The minimum atomic E-state index is 0.851. The number of rotatable bonds is 2. The second-order valence-corrected chi connectivity index (χ2v) is 3.53. The zero-order valence-corrected chi connectivity index (χ0v) is 8.91. The highest BCUT2D eigenvalue weighted by Crippen LogP contribution is 2.18. The van der Waals surface area contributed by atoms with Crippen molar-refractivity contribution >= 4 is 12.6 Å². The monoisotopic (exact) mass is 180 g/mol. The Morgan fingerprint density at radius 2 is 1.58 bits per heavy atom. The van der Waals surface area contributed by atoms with Crippen molar-refractivity contribution in [2.45, 2.75) is 32.9 Å². The molecule has 0 aliphatic rings. The van der Waals surface area contributed by atoms with E-state index in [1.807, 2.05) is 0 Å². The van der Waals surface area contributed by atoms with Gasteiger partial charge in [-0.3, -0.25) is 0 Å². The highest BCUT2D eigenvalue weighted by atomic mass is 32.1. The summed E-state index contributed by atoms with van der Waals surface area (Å²) in [6, 6.07) is 4.53. The SMILES string of the molecule is CCc1cc(C)c(C)cc1CS. The Labute approximate surface area is 80.4 Å². The molecular formula is C11H16S. The summed E-state index contributed by atoms with van der Waals surface area (Å²) in [6.07, 6.45) is 1.11. The number of hydrogen-bond acceptors (Lipinski definition) is 1. The van der Waals surface area contributed by atoms with Gasteiger partial charge in [-0.1, -0.05) is 19.1 Å². The van der Waals surface area contributed by atoms with E-state index in [0.717, 1.165) is 12.2 Å². The second-order valence-electron chi connectivity index (χ2n) is 3.22. The average Bonchev–Trinajstić information content (AvgIpc) is 2.09. The first kappa shape index (κ1) is 9.66. The standard InChI is InChI=1S/C11H16S/c1-4-10-5-8(2)9(3)6-11(10)7-12/h5-6,12H,4,7H2,1-3H3. The van der Waals surface area contributed by atoms with Crippen molar-refractivity contribution in [1.82, 2.24) is 0 Å². The van der Waals surface area contributed by atoms with Crippen LogP contribution >= 0.6 is 12.6 Å². The minimum absolute atomic E-state index is 0.851. The van der Waals surface area contributed by atoms with E-state index in [0.29, 0.717) is 0 Å². The fraction of sp³-hybridized carbons (Fsp3) is 0.455. The van der Waals surface area contributed by atoms with Crippen molar-refractivity contribution in [3.05, 3.63) is 34.4 Å². The van der Waals surface area contributed by atoms with Crippen LogP contribution in [0.3, 0.4) is 0 Å². The third kappa shape index (κ3) is 1.84. The summed E-state index contributed by atoms with van der Waals surface area (Å²) in [6.45, 7) is 6.51. The van der Waals surface area contributed by atoms with Gasteiger partial charge < -0.3 is 0 Å². The lowest BCUT2D eigenvalue weighted by atomic mass is 9.99. The van der Waals surface area contributed by atoms with Gasteiger partial charge in [-0.15, -0.1) is 0 Å². The lowest BCUT2D eigenvalue weighted by molar-refractivity contribution is 1.08. The lowest BCUT2D eigenvalue weighted by Gasteiger charge is -2.09. The first-order valence-corrected chi connectivity index (χ1v) is 5.02. The van der Waals surface area contributed by atoms with E-state index in [1.165, 1.54) is 22.3 Å². The van der Waals surface area contributed by atoms with E-state index in [-0.39, 0.29) is 0 Å². The molecular weight excluding hydrogens is 164 g/mol. The maximum atomic E-state index is 4.32. The van der Waals surface area contributed by atoms with Crippen LogP contribution in [0.2, 0.25) is 0 Å². The number of aryl methyl sites for hydroxylation is 3. The number of benzene rings is 1. The molecule has 0 saturated carbocycles. The minimum Gasteiger partial charge on any atom is -0.175 e. The van der Waals surface area contributed by atoms with E-state index in [2.05, 4.69) is 45.5 Å². The highest BCUT2D eigenvalue weighted by Gasteiger charge is 2.01. The molecule has 0 atom stereocenters. The van der Waals surface area contributed by atoms with Crippen molar-refractivity contribution in [1.29, 1.82) is 0 Å². The lowest BCUT2D eigenvalue weighted by Crippen LogP contribution is -1.93. The molecule has 0 saturated heterocycles. The predicted octanol–water partition coefficient (Wildman–Crippen LogP) is 3.30. The van der Waals surface area contributed by atoms with Crippen LogP contribution in [-0.2, 0) is 12.2 Å². The Balaban J connectivity index is 3.19. The van der Waals surface area contributed by atoms with Crippen molar-refractivity contribution in [2.24, 2.45) is 0 Å². The molecule has 0 aliphatic carbocycles. The van der Waals surface area contributed by atoms with Crippen LogP contribution in [0.5, 0.6) is 0 Å². The van der Waals surface area contributed by atoms with E-state index < -0.39 is 0 Å². The van der Waals surface area contributed by atoms with Gasteiger partial charge in [-0.2, -0.15) is 12.6 Å². The van der Waals surface area contributed by atoms with Crippen LogP contribution in [-0.4, -0.2) is 0 Å². The first-order chi connectivity index (χ1) is 5.69. The molecule has 0 spiro atoms. The molecule has 0 nitrogen and oxygen atoms in total. The first-order valence-electron chi connectivity index (χ1n) is 4.39. The van der Waals surface area contributed by atoms with Crippen molar-refractivity contribution in [2.75, 3.05) is 0 Å². The van der Waals surface area contributed by atoms with Gasteiger partial charge in [0.25, 0.3) is 0 Å². The Morgan fingerprint density at radius 3 is 2.00 bits per heavy atom. The smallest absolute Gasteiger partial charge is 0.0157 e. The molecule has 0 bridgehead atoms. The Hall–Kier alpha value is -0.430. The third-order valence-corrected chi connectivity index (χ3v) is 2.71. The van der Waals surface area contributed by atoms with Gasteiger partial charge in [0.2, 0.25) is 0 Å². The van der Waals surface area contributed by atoms with Crippen molar-refractivity contribution in [3.8, 4) is 0 Å². The fourth-order valence-electron chi connectivity index (χ4n) is 1.41. The largest absolute Gasteiger partial charge is 0.175 e.